The number of hydrogen-bond acceptors (Lipinski definition) is 2. The van der Waals surface area contributed by atoms with Gasteiger partial charge in [-0.25, -0.2) is 0 Å². The van der Waals surface area contributed by atoms with Crippen molar-refractivity contribution in [2.75, 3.05) is 11.4 Å². The minimum Gasteiger partial charge on any atom is -0.340 e. The monoisotopic (exact) mass is 350 g/mol. The highest BCUT2D eigenvalue weighted by Gasteiger charge is 2.49. The number of halogens is 1. The Morgan fingerprint density at radius 2 is 1.86 bits per heavy atom. The van der Waals surface area contributed by atoms with Crippen molar-refractivity contribution >= 4 is 33.4 Å². The molecule has 1 aliphatic heterocycles. The standard InChI is InChI=1S/C16H19BrN2O2/c1-10-7-11(2)14(12(17)8-10)19-9-13(20)18-16(15(19)21)5-3-4-6-16/h7-8H,3-6,9H2,1-2H3,(H,18,20). The maximum atomic E-state index is 13.0. The van der Waals surface area contributed by atoms with E-state index in [0.29, 0.717) is 0 Å². The van der Waals surface area contributed by atoms with Crippen LogP contribution in [0.3, 0.4) is 0 Å². The molecule has 0 radical (unpaired) electrons. The van der Waals surface area contributed by atoms with Crippen molar-refractivity contribution in [3.05, 3.63) is 27.7 Å². The maximum Gasteiger partial charge on any atom is 0.253 e. The van der Waals surface area contributed by atoms with Crippen LogP contribution in [0.25, 0.3) is 0 Å². The van der Waals surface area contributed by atoms with E-state index in [0.717, 1.165) is 47.0 Å². The molecular formula is C16H19BrN2O2. The highest BCUT2D eigenvalue weighted by atomic mass is 79.9. The summed E-state index contributed by atoms with van der Waals surface area (Å²) in [5, 5.41) is 2.95. The molecule has 0 unspecified atom stereocenters. The molecule has 0 atom stereocenters. The van der Waals surface area contributed by atoms with Crippen LogP contribution in [0.1, 0.15) is 36.8 Å². The van der Waals surface area contributed by atoms with Gasteiger partial charge in [-0.2, -0.15) is 0 Å². The third kappa shape index (κ3) is 2.37. The highest BCUT2D eigenvalue weighted by Crippen LogP contribution is 2.38. The first kappa shape index (κ1) is 14.6. The molecule has 3 rings (SSSR count). The number of aryl methyl sites for hydroxylation is 2. The molecule has 1 aromatic rings. The molecule has 1 heterocycles. The predicted octanol–water partition coefficient (Wildman–Crippen LogP) is 2.84. The van der Waals surface area contributed by atoms with Crippen LogP contribution in [0.4, 0.5) is 5.69 Å². The van der Waals surface area contributed by atoms with Gasteiger partial charge in [0, 0.05) is 4.47 Å². The van der Waals surface area contributed by atoms with E-state index in [2.05, 4.69) is 21.2 Å². The SMILES string of the molecule is Cc1cc(C)c(N2CC(=O)NC3(CCCC3)C2=O)c(Br)c1. The molecule has 4 nitrogen and oxygen atoms in total. The van der Waals surface area contributed by atoms with Crippen LogP contribution in [-0.2, 0) is 9.59 Å². The van der Waals surface area contributed by atoms with E-state index in [1.165, 1.54) is 0 Å². The Hall–Kier alpha value is -1.36. The largest absolute Gasteiger partial charge is 0.340 e. The van der Waals surface area contributed by atoms with Gasteiger partial charge in [-0.05, 0) is 59.8 Å². The van der Waals surface area contributed by atoms with Gasteiger partial charge in [0.05, 0.1) is 5.69 Å². The Kier molecular flexibility index (Phi) is 3.56. The lowest BCUT2D eigenvalue weighted by Gasteiger charge is -2.40. The molecule has 1 saturated carbocycles. The van der Waals surface area contributed by atoms with E-state index >= 15 is 0 Å². The molecule has 2 amide bonds. The van der Waals surface area contributed by atoms with Gasteiger partial charge in [0.2, 0.25) is 5.91 Å². The molecule has 21 heavy (non-hydrogen) atoms. The Balaban J connectivity index is 2.05. The third-order valence-corrected chi connectivity index (χ3v) is 5.06. The summed E-state index contributed by atoms with van der Waals surface area (Å²) in [5.41, 5.74) is 2.30. The first-order valence-corrected chi connectivity index (χ1v) is 8.12. The maximum absolute atomic E-state index is 13.0. The third-order valence-electron chi connectivity index (χ3n) is 4.46. The molecule has 1 saturated heterocycles. The van der Waals surface area contributed by atoms with Crippen molar-refractivity contribution < 1.29 is 9.59 Å². The zero-order valence-corrected chi connectivity index (χ0v) is 13.9. The van der Waals surface area contributed by atoms with Crippen molar-refractivity contribution in [2.45, 2.75) is 45.1 Å². The van der Waals surface area contributed by atoms with Gasteiger partial charge in [0.1, 0.15) is 12.1 Å². The number of amides is 2. The Morgan fingerprint density at radius 3 is 2.48 bits per heavy atom. The predicted molar refractivity (Wildman–Crippen MR) is 85.3 cm³/mol. The normalized spacial score (nSPS) is 21.0. The van der Waals surface area contributed by atoms with Crippen LogP contribution in [0.5, 0.6) is 0 Å². The number of carbonyl (C=O) groups excluding carboxylic acids is 2. The van der Waals surface area contributed by atoms with Gasteiger partial charge in [0.25, 0.3) is 5.91 Å². The first-order valence-electron chi connectivity index (χ1n) is 7.33. The number of benzene rings is 1. The van der Waals surface area contributed by atoms with Crippen molar-refractivity contribution in [1.29, 1.82) is 0 Å². The number of hydrogen-bond donors (Lipinski definition) is 1. The summed E-state index contributed by atoms with van der Waals surface area (Å²) in [6, 6.07) is 4.03. The van der Waals surface area contributed by atoms with Crippen LogP contribution >= 0.6 is 15.9 Å². The fourth-order valence-electron chi connectivity index (χ4n) is 3.58. The molecule has 1 spiro atoms. The van der Waals surface area contributed by atoms with Gasteiger partial charge in [-0.15, -0.1) is 0 Å². The van der Waals surface area contributed by atoms with E-state index in [-0.39, 0.29) is 18.4 Å². The van der Waals surface area contributed by atoms with E-state index in [1.807, 2.05) is 26.0 Å². The number of rotatable bonds is 1. The molecule has 2 aliphatic rings. The number of anilines is 1. The molecule has 1 N–H and O–H groups in total. The van der Waals surface area contributed by atoms with E-state index in [9.17, 15) is 9.59 Å². The summed E-state index contributed by atoms with van der Waals surface area (Å²) in [7, 11) is 0. The Bertz CT molecular complexity index is 598. The van der Waals surface area contributed by atoms with Crippen molar-refractivity contribution in [3.8, 4) is 0 Å². The number of piperazine rings is 1. The second-order valence-electron chi connectivity index (χ2n) is 6.14. The second kappa shape index (κ2) is 5.13. The minimum atomic E-state index is -0.675. The minimum absolute atomic E-state index is 0.0345. The van der Waals surface area contributed by atoms with E-state index in [1.54, 1.807) is 4.90 Å². The van der Waals surface area contributed by atoms with E-state index in [4.69, 9.17) is 0 Å². The van der Waals surface area contributed by atoms with Crippen LogP contribution in [0.15, 0.2) is 16.6 Å². The van der Waals surface area contributed by atoms with Crippen molar-refractivity contribution in [3.63, 3.8) is 0 Å². The molecule has 0 aromatic heterocycles. The lowest BCUT2D eigenvalue weighted by Crippen LogP contribution is -2.66. The summed E-state index contributed by atoms with van der Waals surface area (Å²) in [6.45, 7) is 4.10. The van der Waals surface area contributed by atoms with Crippen LogP contribution in [0, 0.1) is 13.8 Å². The van der Waals surface area contributed by atoms with Gasteiger partial charge < -0.3 is 5.32 Å². The highest BCUT2D eigenvalue weighted by molar-refractivity contribution is 9.10. The molecule has 0 bridgehead atoms. The Labute approximate surface area is 133 Å². The molecule has 112 valence electrons. The quantitative estimate of drug-likeness (QED) is 0.846. The van der Waals surface area contributed by atoms with Gasteiger partial charge >= 0.3 is 0 Å². The van der Waals surface area contributed by atoms with E-state index < -0.39 is 5.54 Å². The van der Waals surface area contributed by atoms with Crippen molar-refractivity contribution in [1.82, 2.24) is 5.32 Å². The van der Waals surface area contributed by atoms with Gasteiger partial charge in [0.15, 0.2) is 0 Å². The number of nitrogens with zero attached hydrogens (tertiary/aromatic N) is 1. The molecule has 1 aliphatic carbocycles. The smallest absolute Gasteiger partial charge is 0.253 e. The summed E-state index contributed by atoms with van der Waals surface area (Å²) in [4.78, 5) is 26.8. The summed E-state index contributed by atoms with van der Waals surface area (Å²) in [5.74, 6) is -0.0318. The topological polar surface area (TPSA) is 49.4 Å². The zero-order valence-electron chi connectivity index (χ0n) is 12.3. The average Bonchev–Trinajstić information content (AvgIpc) is 2.83. The molecule has 2 fully saturated rings. The lowest BCUT2D eigenvalue weighted by molar-refractivity contribution is -0.135. The van der Waals surface area contributed by atoms with Crippen LogP contribution in [0.2, 0.25) is 0 Å². The summed E-state index contributed by atoms with van der Waals surface area (Å²) < 4.78 is 0.871. The van der Waals surface area contributed by atoms with Gasteiger partial charge in [-0.1, -0.05) is 18.9 Å². The van der Waals surface area contributed by atoms with Crippen LogP contribution < -0.4 is 10.2 Å². The molecule has 5 heteroatoms. The number of nitrogens with one attached hydrogen (secondary N) is 1. The first-order chi connectivity index (χ1) is 9.93. The van der Waals surface area contributed by atoms with Crippen molar-refractivity contribution in [2.24, 2.45) is 0 Å². The lowest BCUT2D eigenvalue weighted by atomic mass is 9.92. The van der Waals surface area contributed by atoms with Gasteiger partial charge in [-0.3, -0.25) is 14.5 Å². The Morgan fingerprint density at radius 1 is 1.19 bits per heavy atom. The summed E-state index contributed by atoms with van der Waals surface area (Å²) in [6.07, 6.45) is 3.48. The fourth-order valence-corrected chi connectivity index (χ4v) is 4.47. The number of carbonyl (C=O) groups is 2. The summed E-state index contributed by atoms with van der Waals surface area (Å²) >= 11 is 3.55. The molecule has 1 aromatic carbocycles. The van der Waals surface area contributed by atoms with Crippen LogP contribution in [-0.4, -0.2) is 23.9 Å². The second-order valence-corrected chi connectivity index (χ2v) is 7.00. The zero-order chi connectivity index (χ0) is 15.2. The average molecular weight is 351 g/mol. The molecular weight excluding hydrogens is 332 g/mol. The fraction of sp³-hybridized carbons (Fsp3) is 0.500.